The molecule has 1 unspecified atom stereocenters. The van der Waals surface area contributed by atoms with Gasteiger partial charge in [0.05, 0.1) is 36.3 Å². The third-order valence-corrected chi connectivity index (χ3v) is 5.37. The standard InChI is InChI=1S/C19H24ClN5O3/c20-13-8-22-19(23-9-13)24-14-3-5-25(10-14)18(26)12-1-2-16(21)17(7-12)28-15-4-6-27-11-15/h7-9,14-15H,1-6,10-11,21H2,(H,22,23,24)/t14-,15?/m1/s1. The molecule has 1 amide bonds. The van der Waals surface area contributed by atoms with Crippen LogP contribution < -0.4 is 11.1 Å². The molecule has 3 heterocycles. The van der Waals surface area contributed by atoms with Crippen LogP contribution >= 0.6 is 11.6 Å². The summed E-state index contributed by atoms with van der Waals surface area (Å²) < 4.78 is 11.3. The highest BCUT2D eigenvalue weighted by molar-refractivity contribution is 6.30. The van der Waals surface area contributed by atoms with Crippen LogP contribution in [0.5, 0.6) is 0 Å². The van der Waals surface area contributed by atoms with Gasteiger partial charge >= 0.3 is 0 Å². The molecule has 2 saturated heterocycles. The maximum Gasteiger partial charge on any atom is 0.249 e. The molecule has 0 spiro atoms. The number of hydrogen-bond acceptors (Lipinski definition) is 7. The van der Waals surface area contributed by atoms with Crippen LogP contribution in [-0.2, 0) is 14.3 Å². The van der Waals surface area contributed by atoms with E-state index >= 15 is 0 Å². The van der Waals surface area contributed by atoms with Crippen LogP contribution in [0.25, 0.3) is 0 Å². The lowest BCUT2D eigenvalue weighted by atomic mass is 10.0. The number of allylic oxidation sites excluding steroid dienone is 2. The molecular weight excluding hydrogens is 382 g/mol. The van der Waals surface area contributed by atoms with Crippen molar-refractivity contribution in [3.8, 4) is 0 Å². The van der Waals surface area contributed by atoms with Crippen LogP contribution in [0, 0.1) is 0 Å². The van der Waals surface area contributed by atoms with Gasteiger partial charge in [0.25, 0.3) is 0 Å². The lowest BCUT2D eigenvalue weighted by Gasteiger charge is -2.23. The molecule has 3 N–H and O–H groups in total. The molecular formula is C19H24ClN5O3. The zero-order valence-corrected chi connectivity index (χ0v) is 16.3. The van der Waals surface area contributed by atoms with E-state index in [-0.39, 0.29) is 18.1 Å². The molecule has 1 aromatic rings. The summed E-state index contributed by atoms with van der Waals surface area (Å²) in [5.41, 5.74) is 7.54. The molecule has 28 heavy (non-hydrogen) atoms. The van der Waals surface area contributed by atoms with Crippen molar-refractivity contribution in [2.24, 2.45) is 5.73 Å². The number of aromatic nitrogens is 2. The first-order valence-corrected chi connectivity index (χ1v) is 9.93. The molecule has 2 atom stereocenters. The Morgan fingerprint density at radius 1 is 1.32 bits per heavy atom. The van der Waals surface area contributed by atoms with E-state index in [1.54, 1.807) is 12.4 Å². The summed E-state index contributed by atoms with van der Waals surface area (Å²) in [6, 6.07) is 0.112. The predicted octanol–water partition coefficient (Wildman–Crippen LogP) is 1.84. The first-order chi connectivity index (χ1) is 13.6. The van der Waals surface area contributed by atoms with Crippen molar-refractivity contribution in [3.05, 3.63) is 40.5 Å². The summed E-state index contributed by atoms with van der Waals surface area (Å²) in [7, 11) is 0. The molecule has 1 aromatic heterocycles. The highest BCUT2D eigenvalue weighted by Gasteiger charge is 2.30. The van der Waals surface area contributed by atoms with Gasteiger partial charge < -0.3 is 25.4 Å². The molecule has 4 rings (SSSR count). The number of ether oxygens (including phenoxy) is 2. The van der Waals surface area contributed by atoms with Crippen molar-refractivity contribution in [2.45, 2.75) is 37.8 Å². The second kappa shape index (κ2) is 8.36. The third-order valence-electron chi connectivity index (χ3n) is 5.17. The second-order valence-corrected chi connectivity index (χ2v) is 7.70. The fourth-order valence-electron chi connectivity index (χ4n) is 3.61. The average Bonchev–Trinajstić information content (AvgIpc) is 3.37. The Bertz CT molecular complexity index is 789. The monoisotopic (exact) mass is 405 g/mol. The van der Waals surface area contributed by atoms with Gasteiger partial charge in [0.15, 0.2) is 0 Å². The van der Waals surface area contributed by atoms with Gasteiger partial charge in [-0.05, 0) is 25.3 Å². The van der Waals surface area contributed by atoms with Crippen molar-refractivity contribution >= 4 is 23.5 Å². The van der Waals surface area contributed by atoms with E-state index in [4.69, 9.17) is 26.8 Å². The van der Waals surface area contributed by atoms with Crippen molar-refractivity contribution in [2.75, 3.05) is 31.6 Å². The summed E-state index contributed by atoms with van der Waals surface area (Å²) in [5.74, 6) is 1.18. The van der Waals surface area contributed by atoms with Crippen LogP contribution in [0.1, 0.15) is 25.7 Å². The van der Waals surface area contributed by atoms with Gasteiger partial charge in [-0.1, -0.05) is 11.6 Å². The highest BCUT2D eigenvalue weighted by Crippen LogP contribution is 2.27. The number of hydrogen-bond donors (Lipinski definition) is 2. The van der Waals surface area contributed by atoms with E-state index in [1.165, 1.54) is 0 Å². The number of carbonyl (C=O) groups is 1. The molecule has 0 aromatic carbocycles. The lowest BCUT2D eigenvalue weighted by Crippen LogP contribution is -2.33. The highest BCUT2D eigenvalue weighted by atomic mass is 35.5. The number of nitrogens with two attached hydrogens (primary N) is 1. The molecule has 2 fully saturated rings. The maximum absolute atomic E-state index is 13.0. The van der Waals surface area contributed by atoms with Crippen LogP contribution in [0.3, 0.4) is 0 Å². The first kappa shape index (κ1) is 19.0. The number of carbonyl (C=O) groups excluding carboxylic acids is 1. The summed E-state index contributed by atoms with van der Waals surface area (Å²) in [6.07, 6.45) is 7.88. The Morgan fingerprint density at radius 3 is 2.89 bits per heavy atom. The Labute approximate surface area is 168 Å². The van der Waals surface area contributed by atoms with Gasteiger partial charge in [-0.15, -0.1) is 0 Å². The van der Waals surface area contributed by atoms with Crippen LogP contribution in [0.4, 0.5) is 5.95 Å². The van der Waals surface area contributed by atoms with Crippen LogP contribution in [-0.4, -0.2) is 59.2 Å². The molecule has 1 aliphatic carbocycles. The van der Waals surface area contributed by atoms with Gasteiger partial charge in [0.1, 0.15) is 11.9 Å². The topological polar surface area (TPSA) is 103 Å². The zero-order valence-electron chi connectivity index (χ0n) is 15.6. The van der Waals surface area contributed by atoms with Crippen LogP contribution in [0.2, 0.25) is 5.02 Å². The maximum atomic E-state index is 13.0. The third kappa shape index (κ3) is 4.39. The number of nitrogens with one attached hydrogen (secondary N) is 1. The fraction of sp³-hybridized carbons (Fsp3) is 0.526. The molecule has 0 saturated carbocycles. The average molecular weight is 406 g/mol. The normalized spacial score (nSPS) is 25.0. The van der Waals surface area contributed by atoms with Crippen molar-refractivity contribution in [1.29, 1.82) is 0 Å². The number of likely N-dealkylation sites (tertiary alicyclic amines) is 1. The Balaban J connectivity index is 1.36. The Kier molecular flexibility index (Phi) is 5.68. The van der Waals surface area contributed by atoms with Crippen LogP contribution in [0.15, 0.2) is 35.5 Å². The van der Waals surface area contributed by atoms with E-state index in [2.05, 4.69) is 15.3 Å². The molecule has 8 nitrogen and oxygen atoms in total. The van der Waals surface area contributed by atoms with Crippen molar-refractivity contribution in [3.63, 3.8) is 0 Å². The minimum Gasteiger partial charge on any atom is -0.486 e. The summed E-state index contributed by atoms with van der Waals surface area (Å²) in [6.45, 7) is 2.56. The van der Waals surface area contributed by atoms with E-state index in [0.29, 0.717) is 61.6 Å². The fourth-order valence-corrected chi connectivity index (χ4v) is 3.71. The first-order valence-electron chi connectivity index (χ1n) is 9.55. The van der Waals surface area contributed by atoms with E-state index < -0.39 is 0 Å². The van der Waals surface area contributed by atoms with Gasteiger partial charge in [-0.3, -0.25) is 4.79 Å². The molecule has 3 aliphatic rings. The van der Waals surface area contributed by atoms with Gasteiger partial charge in [-0.2, -0.15) is 0 Å². The Morgan fingerprint density at radius 2 is 2.14 bits per heavy atom. The summed E-state index contributed by atoms with van der Waals surface area (Å²) in [5, 5.41) is 3.75. The number of anilines is 1. The number of nitrogens with zero attached hydrogens (tertiary/aromatic N) is 3. The van der Waals surface area contributed by atoms with E-state index in [0.717, 1.165) is 18.4 Å². The number of halogens is 1. The van der Waals surface area contributed by atoms with Gasteiger partial charge in [0, 0.05) is 31.1 Å². The largest absolute Gasteiger partial charge is 0.486 e. The van der Waals surface area contributed by atoms with E-state index in [9.17, 15) is 4.79 Å². The van der Waals surface area contributed by atoms with E-state index in [1.807, 2.05) is 11.0 Å². The Hall–Kier alpha value is -2.32. The SMILES string of the molecule is NC1=C(OC2CCOC2)C=C(C(=O)N2CC[C@@H](Nc3ncc(Cl)cn3)C2)CC1. The number of rotatable bonds is 5. The summed E-state index contributed by atoms with van der Waals surface area (Å²) in [4.78, 5) is 23.1. The minimum absolute atomic E-state index is 0.0130. The van der Waals surface area contributed by atoms with Gasteiger partial charge in [-0.25, -0.2) is 9.97 Å². The molecule has 2 aliphatic heterocycles. The summed E-state index contributed by atoms with van der Waals surface area (Å²) >= 11 is 5.81. The van der Waals surface area contributed by atoms with Crippen molar-refractivity contribution < 1.29 is 14.3 Å². The second-order valence-electron chi connectivity index (χ2n) is 7.27. The zero-order chi connectivity index (χ0) is 19.5. The number of amides is 1. The minimum atomic E-state index is 0.0130. The van der Waals surface area contributed by atoms with Gasteiger partial charge in [0.2, 0.25) is 11.9 Å². The molecule has 9 heteroatoms. The molecule has 0 radical (unpaired) electrons. The molecule has 150 valence electrons. The quantitative estimate of drug-likeness (QED) is 0.770. The molecule has 0 bridgehead atoms. The lowest BCUT2D eigenvalue weighted by molar-refractivity contribution is -0.126. The predicted molar refractivity (Wildman–Crippen MR) is 104 cm³/mol. The smallest absolute Gasteiger partial charge is 0.249 e. The van der Waals surface area contributed by atoms with Crippen molar-refractivity contribution in [1.82, 2.24) is 14.9 Å².